The van der Waals surface area contributed by atoms with Crippen LogP contribution in [-0.4, -0.2) is 0 Å². The van der Waals surface area contributed by atoms with Gasteiger partial charge in [-0.15, -0.1) is 0 Å². The molecule has 1 aliphatic carbocycles. The number of hydrogen-bond donors (Lipinski definition) is 0. The summed E-state index contributed by atoms with van der Waals surface area (Å²) in [6.45, 7) is 0. The van der Waals surface area contributed by atoms with E-state index in [1.54, 1.807) is 0 Å². The third kappa shape index (κ3) is 4.35. The second-order valence-electron chi connectivity index (χ2n) is 12.9. The van der Waals surface area contributed by atoms with E-state index in [4.69, 9.17) is 4.42 Å². The van der Waals surface area contributed by atoms with E-state index in [1.807, 2.05) is 6.07 Å². The molecule has 1 aromatic heterocycles. The number of fused-ring (bicyclic) bond motifs is 6. The minimum atomic E-state index is 0.889. The summed E-state index contributed by atoms with van der Waals surface area (Å²) in [4.78, 5) is 0. The van der Waals surface area contributed by atoms with Crippen molar-refractivity contribution in [2.45, 2.75) is 12.8 Å². The van der Waals surface area contributed by atoms with Gasteiger partial charge < -0.3 is 4.42 Å². The van der Waals surface area contributed by atoms with Gasteiger partial charge in [-0.25, -0.2) is 0 Å². The summed E-state index contributed by atoms with van der Waals surface area (Å²) < 4.78 is 6.68. The largest absolute Gasteiger partial charge is 0.455 e. The van der Waals surface area contributed by atoms with Crippen LogP contribution in [-0.2, 0) is 0 Å². The van der Waals surface area contributed by atoms with Crippen LogP contribution < -0.4 is 0 Å². The highest BCUT2D eigenvalue weighted by Gasteiger charge is 2.21. The zero-order valence-corrected chi connectivity index (χ0v) is 26.8. The molecular formula is C48H30O. The molecule has 1 nitrogen and oxygen atoms in total. The predicted molar refractivity (Wildman–Crippen MR) is 207 cm³/mol. The van der Waals surface area contributed by atoms with E-state index >= 15 is 0 Å². The molecule has 0 saturated heterocycles. The van der Waals surface area contributed by atoms with Crippen molar-refractivity contribution < 1.29 is 4.42 Å². The fraction of sp³-hybridized carbons (Fsp3) is 0.0417. The lowest BCUT2D eigenvalue weighted by Crippen LogP contribution is -1.95. The molecule has 0 aliphatic heterocycles. The summed E-state index contributed by atoms with van der Waals surface area (Å²) in [5, 5.41) is 9.38. The molecule has 1 aliphatic rings. The lowest BCUT2D eigenvalue weighted by Gasteiger charge is -2.20. The normalized spacial score (nSPS) is 13.0. The maximum absolute atomic E-state index is 6.68. The van der Waals surface area contributed by atoms with E-state index in [1.165, 1.54) is 60.3 Å². The van der Waals surface area contributed by atoms with Crippen LogP contribution in [0.1, 0.15) is 18.4 Å². The number of para-hydroxylation sites is 1. The highest BCUT2D eigenvalue weighted by atomic mass is 16.3. The summed E-state index contributed by atoms with van der Waals surface area (Å²) in [5.74, 6) is 0. The second-order valence-corrected chi connectivity index (χ2v) is 12.9. The van der Waals surface area contributed by atoms with Crippen LogP contribution in [0.4, 0.5) is 0 Å². The van der Waals surface area contributed by atoms with Crippen molar-refractivity contribution in [3.05, 3.63) is 175 Å². The number of hydrogen-bond acceptors (Lipinski definition) is 1. The van der Waals surface area contributed by atoms with E-state index in [9.17, 15) is 0 Å². The summed E-state index contributed by atoms with van der Waals surface area (Å²) in [5.41, 5.74) is 11.6. The van der Waals surface area contributed by atoms with E-state index in [0.29, 0.717) is 0 Å². The monoisotopic (exact) mass is 622 g/mol. The average molecular weight is 623 g/mol. The predicted octanol–water partition coefficient (Wildman–Crippen LogP) is 13.4. The summed E-state index contributed by atoms with van der Waals surface area (Å²) >= 11 is 0. The molecule has 0 spiro atoms. The fourth-order valence-electron chi connectivity index (χ4n) is 8.02. The first-order valence-electron chi connectivity index (χ1n) is 17.0. The van der Waals surface area contributed by atoms with Crippen molar-refractivity contribution in [2.24, 2.45) is 0 Å². The molecule has 49 heavy (non-hydrogen) atoms. The van der Waals surface area contributed by atoms with Crippen molar-refractivity contribution in [3.8, 4) is 33.4 Å². The molecule has 0 amide bonds. The highest BCUT2D eigenvalue weighted by Crippen LogP contribution is 2.46. The topological polar surface area (TPSA) is 13.1 Å². The Hall–Kier alpha value is -6.36. The number of rotatable bonds is 4. The van der Waals surface area contributed by atoms with Gasteiger partial charge in [0.1, 0.15) is 11.2 Å². The Morgan fingerprint density at radius 3 is 2.12 bits per heavy atom. The first-order valence-corrected chi connectivity index (χ1v) is 17.0. The minimum absolute atomic E-state index is 0.889. The molecule has 0 N–H and O–H groups in total. The molecule has 0 atom stereocenters. The van der Waals surface area contributed by atoms with E-state index in [0.717, 1.165) is 51.3 Å². The Morgan fingerprint density at radius 2 is 1.24 bits per heavy atom. The summed E-state index contributed by atoms with van der Waals surface area (Å²) in [6, 6.07) is 57.0. The first kappa shape index (κ1) is 27.7. The van der Waals surface area contributed by atoms with Gasteiger partial charge in [0.05, 0.1) is 0 Å². The molecule has 9 aromatic rings. The zero-order valence-electron chi connectivity index (χ0n) is 26.8. The second kappa shape index (κ2) is 11.1. The molecule has 10 rings (SSSR count). The van der Waals surface area contributed by atoms with Gasteiger partial charge in [-0.05, 0) is 97.4 Å². The quantitative estimate of drug-likeness (QED) is 0.190. The van der Waals surface area contributed by atoms with Crippen LogP contribution in [0.3, 0.4) is 0 Å². The molecule has 8 aromatic carbocycles. The number of furan rings is 1. The molecule has 0 saturated carbocycles. The first-order chi connectivity index (χ1) is 24.3. The van der Waals surface area contributed by atoms with E-state index < -0.39 is 0 Å². The average Bonchev–Trinajstić information content (AvgIpc) is 3.55. The van der Waals surface area contributed by atoms with E-state index in [-0.39, 0.29) is 0 Å². The van der Waals surface area contributed by atoms with Crippen LogP contribution >= 0.6 is 0 Å². The van der Waals surface area contributed by atoms with Gasteiger partial charge in [-0.1, -0.05) is 146 Å². The SMILES string of the molecule is c1ccc2c(-c3ccc4oc5c(-c6cccc7ccccc67)cccc5c4c3)c3ccccc3c(-c3ccccc3C3=CC=CCC3)c2c#1. The minimum Gasteiger partial charge on any atom is -0.455 e. The van der Waals surface area contributed by atoms with Crippen LogP contribution in [0, 0.1) is 12.1 Å². The Bertz CT molecular complexity index is 2760. The van der Waals surface area contributed by atoms with Crippen LogP contribution in [0.15, 0.2) is 162 Å². The van der Waals surface area contributed by atoms with E-state index in [2.05, 4.69) is 164 Å². The standard InChI is InChI=1S/C48H30O/c1-2-14-31(15-3-1)35-19-6-7-20-37(35)47-40-23-10-8-21-38(40)46(39-22-9-11-24-41(39)47)33-28-29-45-44(30-33)43-27-13-26-42(48(43)49-45)36-25-12-17-32-16-4-5-18-34(32)36/h1-2,4-10,12-14,16-23,25-30H,3,15H2. The number of benzene rings is 7. The van der Waals surface area contributed by atoms with Crippen molar-refractivity contribution in [1.29, 1.82) is 0 Å². The fourth-order valence-corrected chi connectivity index (χ4v) is 8.02. The zero-order chi connectivity index (χ0) is 32.3. The van der Waals surface area contributed by atoms with Gasteiger partial charge in [-0.2, -0.15) is 0 Å². The molecule has 1 heteroatoms. The molecule has 1 heterocycles. The lowest BCUT2D eigenvalue weighted by atomic mass is 9.83. The van der Waals surface area contributed by atoms with Crippen LogP contribution in [0.2, 0.25) is 0 Å². The smallest absolute Gasteiger partial charge is 0.143 e. The maximum atomic E-state index is 6.68. The van der Waals surface area contributed by atoms with Gasteiger partial charge in [-0.3, -0.25) is 0 Å². The van der Waals surface area contributed by atoms with Crippen LogP contribution in [0.25, 0.3) is 93.2 Å². The van der Waals surface area contributed by atoms with Crippen molar-refractivity contribution >= 4 is 59.8 Å². The summed E-state index contributed by atoms with van der Waals surface area (Å²) in [7, 11) is 0. The van der Waals surface area contributed by atoms with Gasteiger partial charge in [0, 0.05) is 27.3 Å². The van der Waals surface area contributed by atoms with Crippen molar-refractivity contribution in [1.82, 2.24) is 0 Å². The van der Waals surface area contributed by atoms with Crippen LogP contribution in [0.5, 0.6) is 0 Å². The van der Waals surface area contributed by atoms with Gasteiger partial charge in [0.15, 0.2) is 0 Å². The van der Waals surface area contributed by atoms with Crippen molar-refractivity contribution in [2.75, 3.05) is 0 Å². The molecule has 228 valence electrons. The Morgan fingerprint density at radius 1 is 0.531 bits per heavy atom. The maximum Gasteiger partial charge on any atom is 0.143 e. The third-order valence-electron chi connectivity index (χ3n) is 10.2. The lowest BCUT2D eigenvalue weighted by molar-refractivity contribution is 0.670. The summed E-state index contributed by atoms with van der Waals surface area (Å²) in [6.07, 6.45) is 8.81. The van der Waals surface area contributed by atoms with Gasteiger partial charge >= 0.3 is 0 Å². The van der Waals surface area contributed by atoms with Gasteiger partial charge in [0.25, 0.3) is 0 Å². The third-order valence-corrected chi connectivity index (χ3v) is 10.2. The van der Waals surface area contributed by atoms with Gasteiger partial charge in [0.2, 0.25) is 0 Å². The molecule has 0 bridgehead atoms. The Labute approximate surface area is 285 Å². The Kier molecular flexibility index (Phi) is 6.29. The molecule has 0 unspecified atom stereocenters. The highest BCUT2D eigenvalue weighted by molar-refractivity contribution is 6.22. The molecule has 0 fully saturated rings. The number of allylic oxidation sites excluding steroid dienone is 4. The molecule has 0 radical (unpaired) electrons. The van der Waals surface area contributed by atoms with Crippen molar-refractivity contribution in [3.63, 3.8) is 0 Å². The molecular weight excluding hydrogens is 593 g/mol. The Balaban J connectivity index is 1.22.